The van der Waals surface area contributed by atoms with Gasteiger partial charge in [0.1, 0.15) is 11.9 Å². The predicted molar refractivity (Wildman–Crippen MR) is 98.8 cm³/mol. The summed E-state index contributed by atoms with van der Waals surface area (Å²) in [5.41, 5.74) is 1.97. The van der Waals surface area contributed by atoms with Gasteiger partial charge in [0, 0.05) is 23.0 Å². The maximum atomic E-state index is 12.3. The average Bonchev–Trinajstić information content (AvgIpc) is 2.62. The third-order valence-corrected chi connectivity index (χ3v) is 4.59. The molecule has 29 heavy (non-hydrogen) atoms. The fraction of sp³-hybridized carbons (Fsp3) is 0.450. The number of carbonyl (C=O) groups excluding carboxylic acids is 1. The molecule has 3 rings (SSSR count). The number of ether oxygens (including phenoxy) is 2. The Hall–Kier alpha value is -2.84. The quantitative estimate of drug-likeness (QED) is 0.805. The minimum absolute atomic E-state index is 0.0110. The summed E-state index contributed by atoms with van der Waals surface area (Å²) in [5, 5.41) is 2.92. The Labute approximate surface area is 166 Å². The lowest BCUT2D eigenvalue weighted by Gasteiger charge is -2.29. The number of benzene rings is 1. The topological polar surface area (TPSA) is 73.3 Å². The summed E-state index contributed by atoms with van der Waals surface area (Å²) in [5.74, 6) is -0.689. The molecule has 0 bridgehead atoms. The average molecular weight is 409 g/mol. The molecule has 2 aromatic rings. The molecular weight excluding hydrogens is 387 g/mol. The van der Waals surface area contributed by atoms with E-state index in [1.807, 2.05) is 19.9 Å². The van der Waals surface area contributed by atoms with Gasteiger partial charge in [-0.3, -0.25) is 4.79 Å². The normalized spacial score (nSPS) is 19.5. The zero-order chi connectivity index (χ0) is 21.0. The smallest absolute Gasteiger partial charge is 0.460 e. The summed E-state index contributed by atoms with van der Waals surface area (Å²) in [6, 6.07) is 7.09. The molecular formula is C20H22F3N3O3. The molecule has 1 heterocycles. The van der Waals surface area contributed by atoms with Crippen molar-refractivity contribution < 1.29 is 27.4 Å². The summed E-state index contributed by atoms with van der Waals surface area (Å²) < 4.78 is 46.3. The Kier molecular flexibility index (Phi) is 6.24. The monoisotopic (exact) mass is 409 g/mol. The van der Waals surface area contributed by atoms with Gasteiger partial charge in [0.15, 0.2) is 0 Å². The van der Waals surface area contributed by atoms with Crippen LogP contribution in [0.4, 0.5) is 13.2 Å². The van der Waals surface area contributed by atoms with Crippen LogP contribution in [0.3, 0.4) is 0 Å². The first-order valence-electron chi connectivity index (χ1n) is 9.33. The van der Waals surface area contributed by atoms with E-state index >= 15 is 0 Å². The molecule has 0 unspecified atom stereocenters. The van der Waals surface area contributed by atoms with Crippen molar-refractivity contribution in [3.8, 4) is 11.8 Å². The number of hydrogen-bond acceptors (Lipinski definition) is 5. The van der Waals surface area contributed by atoms with Crippen molar-refractivity contribution in [1.82, 2.24) is 15.3 Å². The van der Waals surface area contributed by atoms with Gasteiger partial charge in [0.25, 0.3) is 5.91 Å². The van der Waals surface area contributed by atoms with E-state index in [-0.39, 0.29) is 29.4 Å². The van der Waals surface area contributed by atoms with Gasteiger partial charge in [-0.1, -0.05) is 0 Å². The van der Waals surface area contributed by atoms with Crippen LogP contribution in [0.1, 0.15) is 47.4 Å². The summed E-state index contributed by atoms with van der Waals surface area (Å²) in [6.07, 6.45) is -1.80. The Balaban J connectivity index is 1.48. The van der Waals surface area contributed by atoms with E-state index < -0.39 is 6.36 Å². The van der Waals surface area contributed by atoms with Crippen LogP contribution in [-0.4, -0.2) is 34.4 Å². The number of rotatable bonds is 5. The standard InChI is InChI=1S/C20H22F3N3O3/c1-12-11-13(2)25-19(24-12)28-16-9-5-15(6-10-16)26-18(27)14-3-7-17(8-4-14)29-20(21,22)23/h3-4,7-8,11,15-16H,5-6,9-10H2,1-2H3,(H,26,27). The molecule has 1 fully saturated rings. The summed E-state index contributed by atoms with van der Waals surface area (Å²) in [6.45, 7) is 3.77. The number of halogens is 3. The molecule has 0 saturated heterocycles. The zero-order valence-corrected chi connectivity index (χ0v) is 16.1. The fourth-order valence-corrected chi connectivity index (χ4v) is 3.30. The number of hydrogen-bond donors (Lipinski definition) is 1. The largest absolute Gasteiger partial charge is 0.573 e. The van der Waals surface area contributed by atoms with Crippen molar-refractivity contribution in [1.29, 1.82) is 0 Å². The molecule has 1 saturated carbocycles. The van der Waals surface area contributed by atoms with Crippen LogP contribution in [0.5, 0.6) is 11.8 Å². The molecule has 1 aliphatic rings. The van der Waals surface area contributed by atoms with Crippen LogP contribution in [0.2, 0.25) is 0 Å². The summed E-state index contributed by atoms with van der Waals surface area (Å²) >= 11 is 0. The SMILES string of the molecule is Cc1cc(C)nc(OC2CCC(NC(=O)c3ccc(OC(F)(F)F)cc3)CC2)n1. The second kappa shape index (κ2) is 8.67. The van der Waals surface area contributed by atoms with E-state index in [1.54, 1.807) is 0 Å². The molecule has 1 amide bonds. The summed E-state index contributed by atoms with van der Waals surface area (Å²) in [7, 11) is 0. The second-order valence-corrected chi connectivity index (χ2v) is 7.07. The third-order valence-electron chi connectivity index (χ3n) is 4.59. The highest BCUT2D eigenvalue weighted by Gasteiger charge is 2.31. The van der Waals surface area contributed by atoms with Gasteiger partial charge in [0.05, 0.1) is 0 Å². The number of alkyl halides is 3. The van der Waals surface area contributed by atoms with Crippen LogP contribution < -0.4 is 14.8 Å². The van der Waals surface area contributed by atoms with Gasteiger partial charge >= 0.3 is 12.4 Å². The van der Waals surface area contributed by atoms with Crippen molar-refractivity contribution in [2.75, 3.05) is 0 Å². The van der Waals surface area contributed by atoms with Gasteiger partial charge < -0.3 is 14.8 Å². The molecule has 0 radical (unpaired) electrons. The molecule has 9 heteroatoms. The van der Waals surface area contributed by atoms with Gasteiger partial charge in [-0.15, -0.1) is 13.2 Å². The minimum Gasteiger partial charge on any atom is -0.460 e. The van der Waals surface area contributed by atoms with E-state index in [2.05, 4.69) is 20.0 Å². The van der Waals surface area contributed by atoms with Crippen molar-refractivity contribution >= 4 is 5.91 Å². The van der Waals surface area contributed by atoms with Crippen LogP contribution in [0.25, 0.3) is 0 Å². The van der Waals surface area contributed by atoms with Crippen molar-refractivity contribution in [2.24, 2.45) is 0 Å². The molecule has 6 nitrogen and oxygen atoms in total. The van der Waals surface area contributed by atoms with Gasteiger partial charge in [0.2, 0.25) is 0 Å². The van der Waals surface area contributed by atoms with E-state index in [0.29, 0.717) is 6.01 Å². The maximum absolute atomic E-state index is 12.3. The van der Waals surface area contributed by atoms with Crippen LogP contribution in [-0.2, 0) is 0 Å². The Morgan fingerprint density at radius 2 is 1.62 bits per heavy atom. The summed E-state index contributed by atoms with van der Waals surface area (Å²) in [4.78, 5) is 20.9. The van der Waals surface area contributed by atoms with Crippen LogP contribution in [0, 0.1) is 13.8 Å². The fourth-order valence-electron chi connectivity index (χ4n) is 3.30. The van der Waals surface area contributed by atoms with Gasteiger partial charge in [-0.05, 0) is 69.9 Å². The van der Waals surface area contributed by atoms with Crippen molar-refractivity contribution in [2.45, 2.75) is 58.0 Å². The number of nitrogens with zero attached hydrogens (tertiary/aromatic N) is 2. The third kappa shape index (κ3) is 6.33. The van der Waals surface area contributed by atoms with E-state index in [9.17, 15) is 18.0 Å². The Morgan fingerprint density at radius 3 is 2.17 bits per heavy atom. The lowest BCUT2D eigenvalue weighted by molar-refractivity contribution is -0.274. The number of carbonyl (C=O) groups is 1. The van der Waals surface area contributed by atoms with E-state index in [4.69, 9.17) is 4.74 Å². The maximum Gasteiger partial charge on any atom is 0.573 e. The van der Waals surface area contributed by atoms with E-state index in [1.165, 1.54) is 12.1 Å². The zero-order valence-electron chi connectivity index (χ0n) is 16.1. The van der Waals surface area contributed by atoms with E-state index in [0.717, 1.165) is 49.2 Å². The lowest BCUT2D eigenvalue weighted by Crippen LogP contribution is -2.39. The Bertz CT molecular complexity index is 828. The number of aromatic nitrogens is 2. The molecule has 0 atom stereocenters. The first kappa shape index (κ1) is 20.9. The molecule has 156 valence electrons. The van der Waals surface area contributed by atoms with Crippen molar-refractivity contribution in [3.05, 3.63) is 47.3 Å². The highest BCUT2D eigenvalue weighted by Crippen LogP contribution is 2.24. The highest BCUT2D eigenvalue weighted by atomic mass is 19.4. The molecule has 1 aliphatic carbocycles. The number of nitrogens with one attached hydrogen (secondary N) is 1. The number of aryl methyl sites for hydroxylation is 2. The minimum atomic E-state index is -4.76. The highest BCUT2D eigenvalue weighted by molar-refractivity contribution is 5.94. The molecule has 0 spiro atoms. The van der Waals surface area contributed by atoms with Gasteiger partial charge in [-0.2, -0.15) is 0 Å². The molecule has 1 aromatic carbocycles. The Morgan fingerprint density at radius 1 is 1.03 bits per heavy atom. The van der Waals surface area contributed by atoms with Crippen LogP contribution in [0.15, 0.2) is 30.3 Å². The second-order valence-electron chi connectivity index (χ2n) is 7.07. The van der Waals surface area contributed by atoms with Crippen LogP contribution >= 0.6 is 0 Å². The molecule has 1 aromatic heterocycles. The predicted octanol–water partition coefficient (Wildman–Crippen LogP) is 4.11. The lowest BCUT2D eigenvalue weighted by atomic mass is 9.92. The van der Waals surface area contributed by atoms with Gasteiger partial charge in [-0.25, -0.2) is 9.97 Å². The number of amides is 1. The first-order chi connectivity index (χ1) is 13.7. The molecule has 1 N–H and O–H groups in total. The van der Waals surface area contributed by atoms with Crippen molar-refractivity contribution in [3.63, 3.8) is 0 Å². The first-order valence-corrected chi connectivity index (χ1v) is 9.33. The molecule has 0 aliphatic heterocycles.